The Morgan fingerprint density at radius 3 is 2.39 bits per heavy atom. The number of aromatic nitrogens is 3. The molecule has 4 rings (SSSR count). The number of nitrogens with zero attached hydrogens (tertiary/aromatic N) is 3. The van der Waals surface area contributed by atoms with Crippen molar-refractivity contribution in [1.82, 2.24) is 14.8 Å². The van der Waals surface area contributed by atoms with Crippen LogP contribution in [0.5, 0.6) is 5.75 Å². The Hall–Kier alpha value is -3.58. The maximum absolute atomic E-state index is 13.5. The molecule has 0 aliphatic carbocycles. The molecule has 0 spiro atoms. The molecule has 0 unspecified atom stereocenters. The van der Waals surface area contributed by atoms with Crippen molar-refractivity contribution in [3.05, 3.63) is 101 Å². The molecule has 6 nitrogen and oxygen atoms in total. The highest BCUT2D eigenvalue weighted by atomic mass is 32.2. The maximum atomic E-state index is 13.5. The lowest BCUT2D eigenvalue weighted by Gasteiger charge is -2.18. The molecule has 1 amide bonds. The minimum Gasteiger partial charge on any atom is -0.495 e. The van der Waals surface area contributed by atoms with Gasteiger partial charge >= 0.3 is 0 Å². The maximum Gasteiger partial charge on any atom is 0.242 e. The number of hydrogen-bond donors (Lipinski definition) is 1. The van der Waals surface area contributed by atoms with Crippen LogP contribution in [0.15, 0.2) is 84.0 Å². The highest BCUT2D eigenvalue weighted by Gasteiger charge is 2.26. The van der Waals surface area contributed by atoms with Gasteiger partial charge in [0.2, 0.25) is 5.91 Å². The van der Waals surface area contributed by atoms with Gasteiger partial charge in [0.15, 0.2) is 5.16 Å². The van der Waals surface area contributed by atoms with Gasteiger partial charge in [0.1, 0.15) is 16.8 Å². The third kappa shape index (κ3) is 5.43. The number of benzene rings is 3. The van der Waals surface area contributed by atoms with Crippen molar-refractivity contribution in [1.29, 1.82) is 0 Å². The normalized spacial score (nSPS) is 11.7. The average Bonchev–Trinajstić information content (AvgIpc) is 3.17. The van der Waals surface area contributed by atoms with Gasteiger partial charge in [0.25, 0.3) is 0 Å². The lowest BCUT2D eigenvalue weighted by molar-refractivity contribution is -0.115. The molecule has 0 bridgehead atoms. The van der Waals surface area contributed by atoms with Crippen molar-refractivity contribution in [2.75, 3.05) is 12.4 Å². The Balaban J connectivity index is 1.65. The van der Waals surface area contributed by atoms with Gasteiger partial charge in [-0.05, 0) is 42.7 Å². The van der Waals surface area contributed by atoms with Crippen molar-refractivity contribution in [2.24, 2.45) is 0 Å². The zero-order valence-corrected chi connectivity index (χ0v) is 19.7. The van der Waals surface area contributed by atoms with Gasteiger partial charge in [-0.25, -0.2) is 0 Å². The molecule has 0 fully saturated rings. The molecule has 3 aromatic carbocycles. The van der Waals surface area contributed by atoms with E-state index in [2.05, 4.69) is 27.6 Å². The van der Waals surface area contributed by atoms with Crippen LogP contribution in [0.1, 0.15) is 27.8 Å². The third-order valence-electron chi connectivity index (χ3n) is 5.26. The van der Waals surface area contributed by atoms with E-state index in [-0.39, 0.29) is 5.91 Å². The van der Waals surface area contributed by atoms with E-state index >= 15 is 0 Å². The first-order valence-corrected chi connectivity index (χ1v) is 11.5. The predicted molar refractivity (Wildman–Crippen MR) is 132 cm³/mol. The molecule has 4 aromatic rings. The highest BCUT2D eigenvalue weighted by molar-refractivity contribution is 8.00. The molecule has 0 saturated heterocycles. The topological polar surface area (TPSA) is 69.0 Å². The molecule has 0 saturated carbocycles. The largest absolute Gasteiger partial charge is 0.495 e. The fraction of sp³-hybridized carbons (Fsp3) is 0.192. The molecular weight excluding hydrogens is 432 g/mol. The molecule has 33 heavy (non-hydrogen) atoms. The summed E-state index contributed by atoms with van der Waals surface area (Å²) in [6.45, 7) is 4.54. The van der Waals surface area contributed by atoms with Crippen LogP contribution in [0.3, 0.4) is 0 Å². The zero-order chi connectivity index (χ0) is 23.2. The number of nitrogens with one attached hydrogen (secondary N) is 1. The Kier molecular flexibility index (Phi) is 7.10. The summed E-state index contributed by atoms with van der Waals surface area (Å²) in [5.41, 5.74) is 3.71. The monoisotopic (exact) mass is 458 g/mol. The van der Waals surface area contributed by atoms with Crippen LogP contribution < -0.4 is 10.1 Å². The first-order valence-electron chi connectivity index (χ1n) is 10.7. The van der Waals surface area contributed by atoms with Crippen LogP contribution in [-0.2, 0) is 11.3 Å². The van der Waals surface area contributed by atoms with Crippen LogP contribution in [-0.4, -0.2) is 27.8 Å². The van der Waals surface area contributed by atoms with Gasteiger partial charge in [0, 0.05) is 0 Å². The van der Waals surface area contributed by atoms with E-state index in [1.54, 1.807) is 7.11 Å². The highest BCUT2D eigenvalue weighted by Crippen LogP contribution is 2.37. The molecule has 0 aliphatic rings. The summed E-state index contributed by atoms with van der Waals surface area (Å²) in [7, 11) is 1.60. The SMILES string of the molecule is COc1ccc(C)cc1NC(=O)[C@@H](Sc1nnc(C)n1Cc1ccccc1)c1ccccc1. The number of hydrogen-bond acceptors (Lipinski definition) is 5. The lowest BCUT2D eigenvalue weighted by Crippen LogP contribution is -2.20. The van der Waals surface area contributed by atoms with Crippen LogP contribution in [0.4, 0.5) is 5.69 Å². The van der Waals surface area contributed by atoms with Crippen LogP contribution in [0.2, 0.25) is 0 Å². The number of thioether (sulfide) groups is 1. The molecule has 1 N–H and O–H groups in total. The molecule has 0 radical (unpaired) electrons. The standard InChI is InChI=1S/C26H26N4O2S/c1-18-14-15-23(32-3)22(16-18)27-25(31)24(21-12-8-5-9-13-21)33-26-29-28-19(2)30(26)17-20-10-6-4-7-11-20/h4-16,24H,17H2,1-3H3,(H,27,31)/t24-/m0/s1. The number of methoxy groups -OCH3 is 1. The minimum absolute atomic E-state index is 0.151. The molecular formula is C26H26N4O2S. The van der Waals surface area contributed by atoms with Gasteiger partial charge in [-0.2, -0.15) is 0 Å². The minimum atomic E-state index is -0.519. The van der Waals surface area contributed by atoms with Crippen LogP contribution >= 0.6 is 11.8 Å². The van der Waals surface area contributed by atoms with Gasteiger partial charge in [-0.3, -0.25) is 4.79 Å². The average molecular weight is 459 g/mol. The van der Waals surface area contributed by atoms with Gasteiger partial charge in [-0.1, -0.05) is 78.5 Å². The fourth-order valence-corrected chi connectivity index (χ4v) is 4.60. The van der Waals surface area contributed by atoms with E-state index in [1.165, 1.54) is 11.8 Å². The van der Waals surface area contributed by atoms with Crippen molar-refractivity contribution in [3.8, 4) is 5.75 Å². The van der Waals surface area contributed by atoms with Gasteiger partial charge < -0.3 is 14.6 Å². The smallest absolute Gasteiger partial charge is 0.242 e. The second-order valence-corrected chi connectivity index (χ2v) is 8.78. The first-order chi connectivity index (χ1) is 16.0. The molecule has 1 heterocycles. The van der Waals surface area contributed by atoms with E-state index in [1.807, 2.05) is 85.1 Å². The van der Waals surface area contributed by atoms with E-state index in [0.29, 0.717) is 23.1 Å². The number of carbonyl (C=O) groups excluding carboxylic acids is 1. The fourth-order valence-electron chi connectivity index (χ4n) is 3.52. The van der Waals surface area contributed by atoms with Gasteiger partial charge in [0.05, 0.1) is 19.3 Å². The van der Waals surface area contributed by atoms with E-state index in [9.17, 15) is 4.79 Å². The third-order valence-corrected chi connectivity index (χ3v) is 6.50. The number of rotatable bonds is 8. The summed E-state index contributed by atoms with van der Waals surface area (Å²) < 4.78 is 7.48. The van der Waals surface area contributed by atoms with E-state index in [0.717, 1.165) is 22.5 Å². The van der Waals surface area contributed by atoms with Crippen molar-refractivity contribution < 1.29 is 9.53 Å². The lowest BCUT2D eigenvalue weighted by atomic mass is 10.1. The first kappa shape index (κ1) is 22.6. The predicted octanol–water partition coefficient (Wildman–Crippen LogP) is 5.42. The second kappa shape index (κ2) is 10.4. The van der Waals surface area contributed by atoms with E-state index < -0.39 is 5.25 Å². The zero-order valence-electron chi connectivity index (χ0n) is 18.9. The van der Waals surface area contributed by atoms with Crippen LogP contribution in [0, 0.1) is 13.8 Å². The number of carbonyl (C=O) groups is 1. The summed E-state index contributed by atoms with van der Waals surface area (Å²) in [5, 5.41) is 11.9. The number of amides is 1. The summed E-state index contributed by atoms with van der Waals surface area (Å²) in [6, 6.07) is 25.6. The molecule has 1 atom stereocenters. The number of aryl methyl sites for hydroxylation is 2. The molecule has 0 aliphatic heterocycles. The Bertz CT molecular complexity index is 1230. The van der Waals surface area contributed by atoms with Crippen molar-refractivity contribution in [3.63, 3.8) is 0 Å². The molecule has 168 valence electrons. The number of anilines is 1. The Morgan fingerprint density at radius 1 is 1.00 bits per heavy atom. The second-order valence-electron chi connectivity index (χ2n) is 7.70. The quantitative estimate of drug-likeness (QED) is 0.357. The van der Waals surface area contributed by atoms with Gasteiger partial charge in [-0.15, -0.1) is 10.2 Å². The van der Waals surface area contributed by atoms with Crippen LogP contribution in [0.25, 0.3) is 0 Å². The molecule has 7 heteroatoms. The van der Waals surface area contributed by atoms with Crippen molar-refractivity contribution in [2.45, 2.75) is 30.8 Å². The summed E-state index contributed by atoms with van der Waals surface area (Å²) >= 11 is 1.39. The Morgan fingerprint density at radius 2 is 1.70 bits per heavy atom. The van der Waals surface area contributed by atoms with E-state index in [4.69, 9.17) is 4.74 Å². The summed E-state index contributed by atoms with van der Waals surface area (Å²) in [4.78, 5) is 13.5. The summed E-state index contributed by atoms with van der Waals surface area (Å²) in [6.07, 6.45) is 0. The summed E-state index contributed by atoms with van der Waals surface area (Å²) in [5.74, 6) is 1.27. The number of ether oxygens (including phenoxy) is 1. The van der Waals surface area contributed by atoms with Crippen molar-refractivity contribution >= 4 is 23.4 Å². The molecule has 1 aromatic heterocycles. The Labute approximate surface area is 198 Å².